The summed E-state index contributed by atoms with van der Waals surface area (Å²) in [6, 6.07) is 130. The molecule has 6 heterocycles. The minimum absolute atomic E-state index is 0.120. The molecule has 0 amide bonds. The van der Waals surface area contributed by atoms with E-state index in [0.29, 0.717) is 0 Å². The number of allylic oxidation sites excluding steroid dienone is 7. The Morgan fingerprint density at radius 1 is 0.280 bits per heavy atom. The molecule has 0 aliphatic heterocycles. The van der Waals surface area contributed by atoms with Crippen LogP contribution in [0.2, 0.25) is 0 Å². The summed E-state index contributed by atoms with van der Waals surface area (Å²) < 4.78 is 30.5. The molecule has 2 aliphatic rings. The minimum Gasteiger partial charge on any atom is -0.460 e. The smallest absolute Gasteiger partial charge is 0.135 e. The van der Waals surface area contributed by atoms with E-state index in [1.54, 1.807) is 0 Å². The highest BCUT2D eigenvalue weighted by atomic mass is 16.3. The Balaban J connectivity index is 0.585. The van der Waals surface area contributed by atoms with Crippen LogP contribution in [0.25, 0.3) is 182 Å². The number of para-hydroxylation sites is 5. The third kappa shape index (κ3) is 11.3. The molecule has 2 aliphatic carbocycles. The number of aromatic nitrogens is 2. The molecule has 556 valence electrons. The number of benzene rings is 16. The second-order valence-corrected chi connectivity index (χ2v) is 31.4. The van der Waals surface area contributed by atoms with Gasteiger partial charge in [-0.05, 0) is 243 Å². The Kier molecular flexibility index (Phi) is 15.5. The van der Waals surface area contributed by atoms with Crippen molar-refractivity contribution in [3.05, 3.63) is 412 Å². The number of hydrogen-bond donors (Lipinski definition) is 0. The lowest BCUT2D eigenvalue weighted by Gasteiger charge is -2.29. The van der Waals surface area contributed by atoms with E-state index in [2.05, 4.69) is 377 Å². The van der Waals surface area contributed by atoms with E-state index in [-0.39, 0.29) is 12.0 Å². The summed E-state index contributed by atoms with van der Waals surface area (Å²) in [5, 5.41) is 16.3. The Morgan fingerprint density at radius 2 is 0.720 bits per heavy atom. The van der Waals surface area contributed by atoms with Crippen molar-refractivity contribution in [3.63, 3.8) is 0 Å². The normalized spacial score (nSPS) is 14.3. The quantitative estimate of drug-likeness (QED) is 0.108. The van der Waals surface area contributed by atoms with Gasteiger partial charge in [-0.2, -0.15) is 0 Å². The molecular weight excluding hydrogens is 1440 g/mol. The summed E-state index contributed by atoms with van der Waals surface area (Å²) >= 11 is 0. The summed E-state index contributed by atoms with van der Waals surface area (Å²) in [6.45, 7) is 0. The van der Waals surface area contributed by atoms with Crippen LogP contribution < -0.4 is 9.80 Å². The van der Waals surface area contributed by atoms with Gasteiger partial charge in [-0.25, -0.2) is 0 Å². The molecule has 0 saturated carbocycles. The molecule has 24 rings (SSSR count). The zero-order valence-electron chi connectivity index (χ0n) is 64.1. The maximum atomic E-state index is 6.44. The van der Waals surface area contributed by atoms with Crippen LogP contribution in [-0.2, 0) is 0 Å². The van der Waals surface area contributed by atoms with E-state index < -0.39 is 0 Å². The Labute approximate surface area is 679 Å². The molecule has 0 spiro atoms. The zero-order chi connectivity index (χ0) is 77.5. The van der Waals surface area contributed by atoms with E-state index in [9.17, 15) is 0 Å². The third-order valence-corrected chi connectivity index (χ3v) is 24.5. The van der Waals surface area contributed by atoms with Crippen molar-refractivity contribution >= 4 is 148 Å². The monoisotopic (exact) mass is 1510 g/mol. The summed E-state index contributed by atoms with van der Waals surface area (Å²) in [5.74, 6) is 3.66. The highest BCUT2D eigenvalue weighted by Gasteiger charge is 2.27. The second-order valence-electron chi connectivity index (χ2n) is 31.4. The summed E-state index contributed by atoms with van der Waals surface area (Å²) in [5.41, 5.74) is 23.4. The molecular formula is C110H72N4O4. The lowest BCUT2D eigenvalue weighted by Crippen LogP contribution is -2.17. The van der Waals surface area contributed by atoms with E-state index in [1.165, 1.54) is 43.4 Å². The standard InChI is InChI=1S/C110H72N4O4/c1-3-19-85(20-4-1)113-97-57-55-94-93(109(97)95-53-41-77(63-99(95)113)69-31-43-87(44-32-69)111(89-47-35-71(36-48-89)105-65-79-15-7-11-23-101(79)115-105)91-51-39-73-59-83(29-27-75(73)61-91)107-67-81-17-9-13-25-103(81)117-107)56-58-98-110(94)96-54-42-78(64-100(96)114(98)86-21-5-2-6-22-86)70-33-45-88(46-34-70)112(90-49-37-72(38-50-90)106-66-80-16-8-12-24-102(80)116-106)92-52-40-74-60-84(30-28-76(74)62-92)108-68-82-18-10-14-26-104(82)118-108/h1-21,23-37,39-68,72,86H,22,38H2. The molecule has 0 N–H and O–H groups in total. The molecule has 0 fully saturated rings. The van der Waals surface area contributed by atoms with Crippen molar-refractivity contribution in [3.8, 4) is 61.9 Å². The molecule has 16 aromatic carbocycles. The summed E-state index contributed by atoms with van der Waals surface area (Å²) in [7, 11) is 0. The van der Waals surface area contributed by atoms with Gasteiger partial charge >= 0.3 is 0 Å². The number of hydrogen-bond acceptors (Lipinski definition) is 6. The van der Waals surface area contributed by atoms with Crippen LogP contribution in [0.1, 0.15) is 30.6 Å². The molecule has 2 atom stereocenters. The molecule has 22 aromatic rings. The van der Waals surface area contributed by atoms with Crippen molar-refractivity contribution in [2.45, 2.75) is 24.8 Å². The predicted molar refractivity (Wildman–Crippen MR) is 489 cm³/mol. The number of anilines is 5. The molecule has 0 saturated heterocycles. The highest BCUT2D eigenvalue weighted by molar-refractivity contribution is 6.30. The van der Waals surface area contributed by atoms with Crippen LogP contribution >= 0.6 is 0 Å². The average molecular weight is 1510 g/mol. The van der Waals surface area contributed by atoms with Crippen LogP contribution in [0, 0.1) is 0 Å². The first kappa shape index (κ1) is 67.2. The fourth-order valence-corrected chi connectivity index (χ4v) is 18.7. The first-order valence-electron chi connectivity index (χ1n) is 40.6. The molecule has 2 unspecified atom stereocenters. The Hall–Kier alpha value is -15.4. The van der Waals surface area contributed by atoms with Crippen LogP contribution in [0.5, 0.6) is 0 Å². The predicted octanol–water partition coefficient (Wildman–Crippen LogP) is 31.0. The van der Waals surface area contributed by atoms with Gasteiger partial charge in [0.1, 0.15) is 45.4 Å². The fraction of sp³-hybridized carbons (Fsp3) is 0.0364. The van der Waals surface area contributed by atoms with Crippen molar-refractivity contribution in [2.24, 2.45) is 0 Å². The largest absolute Gasteiger partial charge is 0.460 e. The highest BCUT2D eigenvalue weighted by Crippen LogP contribution is 2.48. The Morgan fingerprint density at radius 3 is 1.26 bits per heavy atom. The van der Waals surface area contributed by atoms with Gasteiger partial charge in [0.2, 0.25) is 0 Å². The van der Waals surface area contributed by atoms with Crippen LogP contribution in [0.3, 0.4) is 0 Å². The number of fused-ring (bicyclic) bond motifs is 15. The molecule has 8 nitrogen and oxygen atoms in total. The second kappa shape index (κ2) is 27.2. The van der Waals surface area contributed by atoms with Crippen LogP contribution in [0.15, 0.2) is 424 Å². The molecule has 0 bridgehead atoms. The van der Waals surface area contributed by atoms with Crippen molar-refractivity contribution in [1.82, 2.24) is 9.13 Å². The fourth-order valence-electron chi connectivity index (χ4n) is 18.7. The van der Waals surface area contributed by atoms with Gasteiger partial charge in [-0.1, -0.05) is 225 Å². The molecule has 118 heavy (non-hydrogen) atoms. The first-order chi connectivity index (χ1) is 58.4. The molecule has 6 aromatic heterocycles. The lowest BCUT2D eigenvalue weighted by molar-refractivity contribution is 0.524. The van der Waals surface area contributed by atoms with Crippen molar-refractivity contribution < 1.29 is 17.7 Å². The third-order valence-electron chi connectivity index (χ3n) is 24.5. The van der Waals surface area contributed by atoms with Crippen molar-refractivity contribution in [2.75, 3.05) is 9.80 Å². The Bertz CT molecular complexity index is 7820. The molecule has 8 heteroatoms. The maximum Gasteiger partial charge on any atom is 0.135 e. The van der Waals surface area contributed by atoms with E-state index in [4.69, 9.17) is 17.7 Å². The van der Waals surface area contributed by atoms with Gasteiger partial charge in [-0.3, -0.25) is 0 Å². The van der Waals surface area contributed by atoms with Crippen molar-refractivity contribution in [1.29, 1.82) is 0 Å². The SMILES string of the molecule is C1=CCC(n2c3cc(-c4ccc(N(C5=CCC(c6cc7ccccc7o6)C=C5)c5ccc6cc(-c7cc8ccccc8o7)ccc6c5)cc4)ccc3c3c4ccc5c(c4ccc32)c2ccc(-c3ccc(N(c4ccc(-c6cc7ccccc7o6)cc4)c4ccc6cc(-c7cc8ccccc8o7)ccc6c4)cc3)cc2n5-c2ccccc2)C=C1. The topological polar surface area (TPSA) is 68.9 Å². The number of rotatable bonds is 14. The number of nitrogens with zero attached hydrogens (tertiary/aromatic N) is 4. The van der Waals surface area contributed by atoms with Crippen LogP contribution in [0.4, 0.5) is 28.4 Å². The average Bonchev–Trinajstić information content (AvgIpc) is 1.54. The first-order valence-corrected chi connectivity index (χ1v) is 40.6. The van der Waals surface area contributed by atoms with Gasteiger partial charge in [0.05, 0.1) is 28.1 Å². The van der Waals surface area contributed by atoms with Gasteiger partial charge in [0, 0.05) is 106 Å². The van der Waals surface area contributed by atoms with Gasteiger partial charge < -0.3 is 36.6 Å². The summed E-state index contributed by atoms with van der Waals surface area (Å²) in [6.07, 6.45) is 17.7. The van der Waals surface area contributed by atoms with Gasteiger partial charge in [0.25, 0.3) is 0 Å². The van der Waals surface area contributed by atoms with E-state index in [1.807, 2.05) is 42.5 Å². The van der Waals surface area contributed by atoms with Gasteiger partial charge in [0.15, 0.2) is 0 Å². The summed E-state index contributed by atoms with van der Waals surface area (Å²) in [4.78, 5) is 4.75. The van der Waals surface area contributed by atoms with E-state index in [0.717, 1.165) is 191 Å². The van der Waals surface area contributed by atoms with E-state index >= 15 is 0 Å². The number of furan rings is 4. The van der Waals surface area contributed by atoms with Crippen LogP contribution in [-0.4, -0.2) is 9.13 Å². The minimum atomic E-state index is 0.120. The zero-order valence-corrected chi connectivity index (χ0v) is 64.1. The molecule has 0 radical (unpaired) electrons. The van der Waals surface area contributed by atoms with Gasteiger partial charge in [-0.15, -0.1) is 0 Å². The maximum absolute atomic E-state index is 6.44. The lowest BCUT2D eigenvalue weighted by atomic mass is 9.95.